The highest BCUT2D eigenvalue weighted by Gasteiger charge is 2.23. The Labute approximate surface area is 155 Å². The first-order valence-electron chi connectivity index (χ1n) is 9.24. The number of nitrogens with one attached hydrogen (secondary N) is 1. The molecule has 4 heteroatoms. The van der Waals surface area contributed by atoms with E-state index in [1.54, 1.807) is 11.3 Å². The lowest BCUT2D eigenvalue weighted by Crippen LogP contribution is -2.42. The molecule has 1 amide bonds. The number of aryl methyl sites for hydroxylation is 1. The summed E-state index contributed by atoms with van der Waals surface area (Å²) in [6, 6.07) is 13.0. The molecular formula is C21H28N2OS. The van der Waals surface area contributed by atoms with Crippen molar-refractivity contribution >= 4 is 17.2 Å². The summed E-state index contributed by atoms with van der Waals surface area (Å²) in [6.07, 6.45) is 3.33. The Bertz CT molecular complexity index is 660. The van der Waals surface area contributed by atoms with Crippen molar-refractivity contribution < 1.29 is 4.79 Å². The summed E-state index contributed by atoms with van der Waals surface area (Å²) < 4.78 is 0. The fourth-order valence-corrected chi connectivity index (χ4v) is 4.23. The van der Waals surface area contributed by atoms with Gasteiger partial charge in [0.05, 0.1) is 5.92 Å². The van der Waals surface area contributed by atoms with E-state index in [1.807, 2.05) is 0 Å². The number of benzene rings is 1. The summed E-state index contributed by atoms with van der Waals surface area (Å²) in [4.78, 5) is 16.7. The Hall–Kier alpha value is -1.65. The van der Waals surface area contributed by atoms with Crippen LogP contribution >= 0.6 is 11.3 Å². The Morgan fingerprint density at radius 1 is 1.20 bits per heavy atom. The molecule has 0 saturated carbocycles. The highest BCUT2D eigenvalue weighted by atomic mass is 32.1. The molecule has 1 N–H and O–H groups in total. The molecule has 1 saturated heterocycles. The predicted octanol–water partition coefficient (Wildman–Crippen LogP) is 3.98. The molecule has 2 unspecified atom stereocenters. The maximum Gasteiger partial charge on any atom is 0.227 e. The van der Waals surface area contributed by atoms with Gasteiger partial charge in [-0.15, -0.1) is 11.3 Å². The van der Waals surface area contributed by atoms with Crippen molar-refractivity contribution in [3.8, 4) is 0 Å². The Kier molecular flexibility index (Phi) is 6.27. The van der Waals surface area contributed by atoms with Crippen molar-refractivity contribution in [3.63, 3.8) is 0 Å². The van der Waals surface area contributed by atoms with Gasteiger partial charge in [0, 0.05) is 17.5 Å². The van der Waals surface area contributed by atoms with Gasteiger partial charge in [0.1, 0.15) is 0 Å². The minimum atomic E-state index is -0.120. The van der Waals surface area contributed by atoms with Gasteiger partial charge in [-0.1, -0.05) is 35.9 Å². The topological polar surface area (TPSA) is 32.3 Å². The van der Waals surface area contributed by atoms with Gasteiger partial charge in [-0.05, 0) is 63.2 Å². The third kappa shape index (κ3) is 4.93. The Balaban J connectivity index is 1.66. The standard InChI is InChI=1S/C21H28N2OS/c1-16-7-9-18(10-8-16)20(14-19-6-5-13-25-19)21(24)22-15-17(2)23-11-3-4-12-23/h5-10,13,17,20H,3-4,11-12,14-15H2,1-2H3,(H,22,24). The SMILES string of the molecule is Cc1ccc(C(Cc2cccs2)C(=O)NCC(C)N2CCCC2)cc1. The van der Waals surface area contributed by atoms with Crippen molar-refractivity contribution in [2.24, 2.45) is 0 Å². The average Bonchev–Trinajstić information content (AvgIpc) is 3.31. The molecule has 3 rings (SSSR count). The molecule has 25 heavy (non-hydrogen) atoms. The predicted molar refractivity (Wildman–Crippen MR) is 105 cm³/mol. The van der Waals surface area contributed by atoms with E-state index in [1.165, 1.54) is 23.3 Å². The van der Waals surface area contributed by atoms with Crippen LogP contribution in [0.2, 0.25) is 0 Å². The second-order valence-corrected chi connectivity index (χ2v) is 8.12. The first-order valence-corrected chi connectivity index (χ1v) is 10.1. The third-order valence-corrected chi connectivity index (χ3v) is 6.02. The molecule has 0 aliphatic carbocycles. The van der Waals surface area contributed by atoms with Crippen molar-refractivity contribution in [1.82, 2.24) is 10.2 Å². The van der Waals surface area contributed by atoms with Gasteiger partial charge in [0.2, 0.25) is 5.91 Å². The molecule has 1 fully saturated rings. The van der Waals surface area contributed by atoms with E-state index in [4.69, 9.17) is 0 Å². The van der Waals surface area contributed by atoms with Gasteiger partial charge in [-0.3, -0.25) is 9.69 Å². The zero-order chi connectivity index (χ0) is 17.6. The van der Waals surface area contributed by atoms with E-state index >= 15 is 0 Å². The van der Waals surface area contributed by atoms with Gasteiger partial charge >= 0.3 is 0 Å². The summed E-state index contributed by atoms with van der Waals surface area (Å²) in [7, 11) is 0. The highest BCUT2D eigenvalue weighted by Crippen LogP contribution is 2.24. The van der Waals surface area contributed by atoms with E-state index in [0.717, 1.165) is 31.6 Å². The summed E-state index contributed by atoms with van der Waals surface area (Å²) >= 11 is 1.72. The summed E-state index contributed by atoms with van der Waals surface area (Å²) in [5.74, 6) is 0.0216. The molecule has 0 bridgehead atoms. The fraction of sp³-hybridized carbons (Fsp3) is 0.476. The van der Waals surface area contributed by atoms with E-state index in [9.17, 15) is 4.79 Å². The molecule has 2 aromatic rings. The first kappa shape index (κ1) is 18.2. The summed E-state index contributed by atoms with van der Waals surface area (Å²) in [5, 5.41) is 5.29. The lowest BCUT2D eigenvalue weighted by molar-refractivity contribution is -0.122. The number of carbonyl (C=O) groups excluding carboxylic acids is 1. The fourth-order valence-electron chi connectivity index (χ4n) is 3.47. The smallest absolute Gasteiger partial charge is 0.227 e. The number of nitrogens with zero attached hydrogens (tertiary/aromatic N) is 1. The van der Waals surface area contributed by atoms with E-state index in [2.05, 4.69) is 65.8 Å². The van der Waals surface area contributed by atoms with E-state index in [-0.39, 0.29) is 11.8 Å². The normalized spacial score (nSPS) is 17.4. The van der Waals surface area contributed by atoms with Crippen LogP contribution in [0.15, 0.2) is 41.8 Å². The van der Waals surface area contributed by atoms with Crippen molar-refractivity contribution in [2.45, 2.75) is 45.1 Å². The number of amides is 1. The highest BCUT2D eigenvalue weighted by molar-refractivity contribution is 7.09. The summed E-state index contributed by atoms with van der Waals surface area (Å²) in [5.41, 5.74) is 2.33. The second kappa shape index (κ2) is 8.63. The van der Waals surface area contributed by atoms with E-state index in [0.29, 0.717) is 6.04 Å². The third-order valence-electron chi connectivity index (χ3n) is 5.12. The zero-order valence-electron chi connectivity index (χ0n) is 15.2. The molecule has 1 aromatic carbocycles. The first-order chi connectivity index (χ1) is 12.1. The van der Waals surface area contributed by atoms with Crippen LogP contribution in [-0.4, -0.2) is 36.5 Å². The van der Waals surface area contributed by atoms with Crippen molar-refractivity contribution in [2.75, 3.05) is 19.6 Å². The van der Waals surface area contributed by atoms with Crippen molar-refractivity contribution in [3.05, 3.63) is 57.8 Å². The van der Waals surface area contributed by atoms with Crippen molar-refractivity contribution in [1.29, 1.82) is 0 Å². The molecule has 2 heterocycles. The van der Waals surface area contributed by atoms with Crippen LogP contribution in [0.4, 0.5) is 0 Å². The molecule has 1 aliphatic heterocycles. The largest absolute Gasteiger partial charge is 0.354 e. The van der Waals surface area contributed by atoms with Crippen LogP contribution in [-0.2, 0) is 11.2 Å². The van der Waals surface area contributed by atoms with Gasteiger partial charge in [0.25, 0.3) is 0 Å². The monoisotopic (exact) mass is 356 g/mol. The van der Waals surface area contributed by atoms with E-state index < -0.39 is 0 Å². The lowest BCUT2D eigenvalue weighted by Gasteiger charge is -2.25. The quantitative estimate of drug-likeness (QED) is 0.814. The van der Waals surface area contributed by atoms with Crippen LogP contribution in [0.1, 0.15) is 41.7 Å². The molecular weight excluding hydrogens is 328 g/mol. The number of carbonyl (C=O) groups is 1. The molecule has 134 valence electrons. The minimum Gasteiger partial charge on any atom is -0.354 e. The second-order valence-electron chi connectivity index (χ2n) is 7.08. The van der Waals surface area contributed by atoms with Crippen LogP contribution in [0.3, 0.4) is 0 Å². The lowest BCUT2D eigenvalue weighted by atomic mass is 9.93. The molecule has 2 atom stereocenters. The molecule has 1 aliphatic rings. The number of hydrogen-bond donors (Lipinski definition) is 1. The maximum atomic E-state index is 12.9. The number of likely N-dealkylation sites (tertiary alicyclic amines) is 1. The Morgan fingerprint density at radius 3 is 2.56 bits per heavy atom. The maximum absolute atomic E-state index is 12.9. The molecule has 0 radical (unpaired) electrons. The van der Waals surface area contributed by atoms with Gasteiger partial charge < -0.3 is 5.32 Å². The number of hydrogen-bond acceptors (Lipinski definition) is 3. The summed E-state index contributed by atoms with van der Waals surface area (Å²) in [6.45, 7) is 7.34. The van der Waals surface area contributed by atoms with Crippen LogP contribution in [0, 0.1) is 6.92 Å². The minimum absolute atomic E-state index is 0.120. The van der Waals surface area contributed by atoms with Crippen LogP contribution < -0.4 is 5.32 Å². The Morgan fingerprint density at radius 2 is 1.92 bits per heavy atom. The van der Waals surface area contributed by atoms with Gasteiger partial charge in [0.15, 0.2) is 0 Å². The number of rotatable bonds is 7. The average molecular weight is 357 g/mol. The molecule has 1 aromatic heterocycles. The number of thiophene rings is 1. The van der Waals surface area contributed by atoms with Crippen LogP contribution in [0.25, 0.3) is 0 Å². The zero-order valence-corrected chi connectivity index (χ0v) is 16.0. The molecule has 3 nitrogen and oxygen atoms in total. The van der Waals surface area contributed by atoms with Gasteiger partial charge in [-0.2, -0.15) is 0 Å². The van der Waals surface area contributed by atoms with Gasteiger partial charge in [-0.25, -0.2) is 0 Å². The van der Waals surface area contributed by atoms with Crippen LogP contribution in [0.5, 0.6) is 0 Å². The molecule has 0 spiro atoms.